The normalized spacial score (nSPS) is 19.4. The third-order valence-electron chi connectivity index (χ3n) is 6.56. The topological polar surface area (TPSA) is 261 Å². The highest BCUT2D eigenvalue weighted by atomic mass is 16.8. The number of nitrogens with one attached hydrogen (secondary N) is 2. The predicted octanol–water partition coefficient (Wildman–Crippen LogP) is -0.0123. The van der Waals surface area contributed by atoms with Crippen LogP contribution < -0.4 is 16.4 Å². The number of rotatable bonds is 11. The number of phenolic OH excluding ortho intramolecular Hbond substituents is 6. The summed E-state index contributed by atoms with van der Waals surface area (Å²) in [6.45, 7) is 0. The molecule has 11 N–H and O–H groups in total. The van der Waals surface area contributed by atoms with Crippen molar-refractivity contribution in [2.24, 2.45) is 5.73 Å². The van der Waals surface area contributed by atoms with Crippen molar-refractivity contribution in [3.05, 3.63) is 71.3 Å². The minimum absolute atomic E-state index is 0.143. The van der Waals surface area contributed by atoms with Crippen LogP contribution in [0.4, 0.5) is 0 Å². The van der Waals surface area contributed by atoms with E-state index in [1.54, 1.807) is 0 Å². The summed E-state index contributed by atoms with van der Waals surface area (Å²) in [4.78, 5) is 38.3. The third kappa shape index (κ3) is 7.34. The van der Waals surface area contributed by atoms with Crippen molar-refractivity contribution in [2.75, 3.05) is 0 Å². The number of carbonyl (C=O) groups is 3. The minimum Gasteiger partial charge on any atom is -0.504 e. The van der Waals surface area contributed by atoms with Crippen molar-refractivity contribution in [1.82, 2.24) is 10.6 Å². The van der Waals surface area contributed by atoms with Gasteiger partial charge >= 0.3 is 23.9 Å². The number of ether oxygens (including phenoxy) is 2. The molecule has 15 nitrogen and oxygen atoms in total. The molecular formula is C28H29N3O12. The van der Waals surface area contributed by atoms with E-state index >= 15 is 0 Å². The molecule has 1 aliphatic rings. The summed E-state index contributed by atoms with van der Waals surface area (Å²) in [5.74, 6) is -6.18. The molecular weight excluding hydrogens is 570 g/mol. The fourth-order valence-electron chi connectivity index (χ4n) is 4.36. The van der Waals surface area contributed by atoms with Gasteiger partial charge in [0.1, 0.15) is 18.1 Å². The third-order valence-corrected chi connectivity index (χ3v) is 6.56. The Morgan fingerprint density at radius 2 is 1.33 bits per heavy atom. The standard InChI is InChI=1S/C28H29N3O12/c29-16(7-13-1-4-19(32)22(35)10-13)26(40)42-28(30-17(25(38)39)8-14-2-5-20(33)23(36)11-14)31-18(27(41)43-28)9-15-3-6-21(34)24(37)12-15/h1-6,10-12,16-18,30-37H,7-9,29H2,(H,38,39)/t16?,17?,18?,28-/m1/s1. The summed E-state index contributed by atoms with van der Waals surface area (Å²) in [5, 5.41) is 73.1. The lowest BCUT2D eigenvalue weighted by Crippen LogP contribution is -2.64. The first-order valence-electron chi connectivity index (χ1n) is 12.8. The summed E-state index contributed by atoms with van der Waals surface area (Å²) >= 11 is 0. The molecule has 1 heterocycles. The van der Waals surface area contributed by atoms with Gasteiger partial charge in [0.15, 0.2) is 34.5 Å². The van der Waals surface area contributed by atoms with E-state index in [1.807, 2.05) is 0 Å². The van der Waals surface area contributed by atoms with E-state index < -0.39 is 70.8 Å². The largest absolute Gasteiger partial charge is 0.504 e. The van der Waals surface area contributed by atoms with Gasteiger partial charge < -0.3 is 51.0 Å². The number of nitrogens with two attached hydrogens (primary N) is 1. The second-order valence-electron chi connectivity index (χ2n) is 9.88. The van der Waals surface area contributed by atoms with Crippen LogP contribution in [0.25, 0.3) is 0 Å². The van der Waals surface area contributed by atoms with Crippen LogP contribution in [0.15, 0.2) is 54.6 Å². The molecule has 3 unspecified atom stereocenters. The Balaban J connectivity index is 1.59. The number of carboxylic acid groups (broad SMARTS) is 1. The first kappa shape index (κ1) is 30.7. The van der Waals surface area contributed by atoms with Gasteiger partial charge in [0.05, 0.1) is 0 Å². The van der Waals surface area contributed by atoms with Crippen LogP contribution in [0.5, 0.6) is 34.5 Å². The number of carboxylic acids is 1. The molecule has 228 valence electrons. The number of hydrogen-bond acceptors (Lipinski definition) is 14. The molecule has 0 radical (unpaired) electrons. The summed E-state index contributed by atoms with van der Waals surface area (Å²) in [7, 11) is 0. The van der Waals surface area contributed by atoms with Crippen LogP contribution in [0.1, 0.15) is 16.7 Å². The van der Waals surface area contributed by atoms with Gasteiger partial charge in [-0.1, -0.05) is 18.2 Å². The van der Waals surface area contributed by atoms with Crippen LogP contribution in [-0.4, -0.2) is 77.8 Å². The second-order valence-corrected chi connectivity index (χ2v) is 9.88. The Morgan fingerprint density at radius 1 is 0.837 bits per heavy atom. The fourth-order valence-corrected chi connectivity index (χ4v) is 4.36. The molecule has 3 aromatic rings. The number of benzene rings is 3. The van der Waals surface area contributed by atoms with Gasteiger partial charge in [0.25, 0.3) is 0 Å². The molecule has 0 spiro atoms. The smallest absolute Gasteiger partial charge is 0.387 e. The molecule has 0 saturated carbocycles. The van der Waals surface area contributed by atoms with Gasteiger partial charge in [0.2, 0.25) is 0 Å². The summed E-state index contributed by atoms with van der Waals surface area (Å²) in [6.07, 6.45) is -0.671. The number of cyclic esters (lactones) is 1. The van der Waals surface area contributed by atoms with Gasteiger partial charge in [-0.2, -0.15) is 0 Å². The monoisotopic (exact) mass is 599 g/mol. The number of hydrogen-bond donors (Lipinski definition) is 10. The van der Waals surface area contributed by atoms with E-state index in [9.17, 15) is 50.1 Å². The molecule has 0 amide bonds. The fraction of sp³-hybridized carbons (Fsp3) is 0.250. The Morgan fingerprint density at radius 3 is 1.84 bits per heavy atom. The van der Waals surface area contributed by atoms with Crippen molar-refractivity contribution < 1.29 is 59.6 Å². The van der Waals surface area contributed by atoms with Crippen molar-refractivity contribution in [3.8, 4) is 34.5 Å². The van der Waals surface area contributed by atoms with Gasteiger partial charge in [-0.3, -0.25) is 14.4 Å². The number of esters is 2. The molecule has 4 rings (SSSR count). The Bertz CT molecular complexity index is 1550. The molecule has 43 heavy (non-hydrogen) atoms. The average Bonchev–Trinajstić information content (AvgIpc) is 3.23. The first-order valence-corrected chi connectivity index (χ1v) is 12.8. The van der Waals surface area contributed by atoms with E-state index in [4.69, 9.17) is 15.2 Å². The van der Waals surface area contributed by atoms with Gasteiger partial charge in [0, 0.05) is 0 Å². The van der Waals surface area contributed by atoms with Crippen LogP contribution in [0.2, 0.25) is 0 Å². The van der Waals surface area contributed by atoms with E-state index in [0.717, 1.165) is 12.1 Å². The molecule has 1 saturated heterocycles. The zero-order valence-corrected chi connectivity index (χ0v) is 22.3. The first-order chi connectivity index (χ1) is 20.2. The zero-order chi connectivity index (χ0) is 31.5. The van der Waals surface area contributed by atoms with Crippen LogP contribution >= 0.6 is 0 Å². The molecule has 15 heteroatoms. The highest BCUT2D eigenvalue weighted by molar-refractivity contribution is 5.81. The molecule has 0 aliphatic carbocycles. The van der Waals surface area contributed by atoms with Crippen molar-refractivity contribution in [3.63, 3.8) is 0 Å². The zero-order valence-electron chi connectivity index (χ0n) is 22.3. The number of aliphatic carboxylic acids is 1. The summed E-state index contributed by atoms with van der Waals surface area (Å²) < 4.78 is 10.8. The average molecular weight is 600 g/mol. The quantitative estimate of drug-likeness (QED) is 0.0789. The predicted molar refractivity (Wildman–Crippen MR) is 145 cm³/mol. The van der Waals surface area contributed by atoms with Crippen LogP contribution in [0.3, 0.4) is 0 Å². The lowest BCUT2D eigenvalue weighted by Gasteiger charge is -2.31. The number of aromatic hydroxyl groups is 6. The Kier molecular flexibility index (Phi) is 8.80. The summed E-state index contributed by atoms with van der Waals surface area (Å²) in [6, 6.07) is 4.43. The lowest BCUT2D eigenvalue weighted by molar-refractivity contribution is -0.239. The highest BCUT2D eigenvalue weighted by Gasteiger charge is 2.52. The number of carbonyl (C=O) groups excluding carboxylic acids is 2. The lowest BCUT2D eigenvalue weighted by atomic mass is 10.0. The molecule has 1 aliphatic heterocycles. The molecule has 0 aromatic heterocycles. The van der Waals surface area contributed by atoms with E-state index in [-0.39, 0.29) is 30.6 Å². The minimum atomic E-state index is -2.55. The molecule has 1 fully saturated rings. The van der Waals surface area contributed by atoms with E-state index in [1.165, 1.54) is 42.5 Å². The van der Waals surface area contributed by atoms with Gasteiger partial charge in [-0.15, -0.1) is 0 Å². The Labute approximate surface area is 243 Å². The Hall–Kier alpha value is -5.25. The van der Waals surface area contributed by atoms with Crippen LogP contribution in [-0.2, 0) is 43.1 Å². The molecule has 0 bridgehead atoms. The maximum atomic E-state index is 13.1. The van der Waals surface area contributed by atoms with Crippen molar-refractivity contribution in [2.45, 2.75) is 43.4 Å². The highest BCUT2D eigenvalue weighted by Crippen LogP contribution is 2.29. The van der Waals surface area contributed by atoms with Crippen molar-refractivity contribution >= 4 is 17.9 Å². The molecule has 3 aromatic carbocycles. The second kappa shape index (κ2) is 12.3. The maximum absolute atomic E-state index is 13.1. The number of phenols is 6. The van der Waals surface area contributed by atoms with E-state index in [0.29, 0.717) is 11.1 Å². The SMILES string of the molecule is NC(Cc1ccc(O)c(O)c1)C(=O)O[C@@]1(NC(Cc2ccc(O)c(O)c2)C(=O)O)NC(Cc2ccc(O)c(O)c2)C(=O)O1. The van der Waals surface area contributed by atoms with Gasteiger partial charge in [-0.25, -0.2) is 10.6 Å². The van der Waals surface area contributed by atoms with Crippen molar-refractivity contribution in [1.29, 1.82) is 0 Å². The van der Waals surface area contributed by atoms with Crippen LogP contribution in [0, 0.1) is 0 Å². The summed E-state index contributed by atoms with van der Waals surface area (Å²) in [5.41, 5.74) is 6.97. The molecule has 4 atom stereocenters. The van der Waals surface area contributed by atoms with E-state index in [2.05, 4.69) is 10.6 Å². The maximum Gasteiger partial charge on any atom is 0.387 e. The van der Waals surface area contributed by atoms with Gasteiger partial charge in [-0.05, 0) is 72.4 Å².